The molecule has 1 heterocycles. The Morgan fingerprint density at radius 2 is 2.29 bits per heavy atom. The van der Waals surface area contributed by atoms with Crippen LogP contribution >= 0.6 is 11.6 Å². The average Bonchev–Trinajstić information content (AvgIpc) is 2.44. The monoisotopic (exact) mass is 216 g/mol. The largest absolute Gasteiger partial charge is 0.461 e. The Morgan fingerprint density at radius 1 is 1.64 bits per heavy atom. The minimum Gasteiger partial charge on any atom is -0.461 e. The van der Waals surface area contributed by atoms with Crippen molar-refractivity contribution in [3.8, 4) is 0 Å². The molecule has 0 unspecified atom stereocenters. The molecule has 1 aromatic rings. The second kappa shape index (κ2) is 4.46. The summed E-state index contributed by atoms with van der Waals surface area (Å²) >= 11 is 5.73. The van der Waals surface area contributed by atoms with Crippen molar-refractivity contribution in [2.24, 2.45) is 7.05 Å². The molecular weight excluding hydrogens is 204 g/mol. The van der Waals surface area contributed by atoms with Gasteiger partial charge >= 0.3 is 5.97 Å². The molecule has 4 nitrogen and oxygen atoms in total. The predicted octanol–water partition coefficient (Wildman–Crippen LogP) is 1.64. The van der Waals surface area contributed by atoms with Crippen LogP contribution in [0.3, 0.4) is 0 Å². The van der Waals surface area contributed by atoms with Crippen LogP contribution in [0.15, 0.2) is 0 Å². The van der Waals surface area contributed by atoms with Gasteiger partial charge < -0.3 is 4.74 Å². The number of rotatable bonds is 3. The first-order valence-electron chi connectivity index (χ1n) is 4.37. The third-order valence-corrected chi connectivity index (χ3v) is 2.33. The lowest BCUT2D eigenvalue weighted by atomic mass is 10.2. The van der Waals surface area contributed by atoms with E-state index in [9.17, 15) is 4.79 Å². The molecule has 0 saturated carbocycles. The van der Waals surface area contributed by atoms with Gasteiger partial charge in [-0.15, -0.1) is 11.6 Å². The zero-order valence-electron chi connectivity index (χ0n) is 8.50. The lowest BCUT2D eigenvalue weighted by Crippen LogP contribution is -2.08. The predicted molar refractivity (Wildman–Crippen MR) is 53.5 cm³/mol. The number of carbonyl (C=O) groups is 1. The van der Waals surface area contributed by atoms with Crippen LogP contribution in [0.4, 0.5) is 0 Å². The number of esters is 1. The average molecular weight is 217 g/mol. The van der Waals surface area contributed by atoms with Crippen LogP contribution in [0.2, 0.25) is 0 Å². The number of hydrogen-bond acceptors (Lipinski definition) is 3. The van der Waals surface area contributed by atoms with Gasteiger partial charge in [-0.1, -0.05) is 0 Å². The van der Waals surface area contributed by atoms with Gasteiger partial charge in [0.2, 0.25) is 0 Å². The Hall–Kier alpha value is -1.03. The van der Waals surface area contributed by atoms with Gasteiger partial charge in [0, 0.05) is 18.3 Å². The maximum Gasteiger partial charge on any atom is 0.359 e. The molecule has 0 radical (unpaired) electrons. The summed E-state index contributed by atoms with van der Waals surface area (Å²) in [6, 6.07) is 0. The topological polar surface area (TPSA) is 44.1 Å². The molecule has 0 N–H and O–H groups in total. The van der Waals surface area contributed by atoms with E-state index in [1.807, 2.05) is 6.92 Å². The lowest BCUT2D eigenvalue weighted by molar-refractivity contribution is 0.0517. The lowest BCUT2D eigenvalue weighted by Gasteiger charge is -1.99. The number of carbonyl (C=O) groups excluding carboxylic acids is 1. The maximum atomic E-state index is 11.4. The fraction of sp³-hybridized carbons (Fsp3) is 0.556. The van der Waals surface area contributed by atoms with Gasteiger partial charge in [-0.3, -0.25) is 4.68 Å². The first kappa shape index (κ1) is 11.0. The van der Waals surface area contributed by atoms with Crippen LogP contribution in [-0.2, 0) is 17.7 Å². The SMILES string of the molecule is CCOC(=O)c1nn(C)c(C)c1CCl. The number of aryl methyl sites for hydroxylation is 1. The molecule has 0 amide bonds. The first-order valence-corrected chi connectivity index (χ1v) is 4.90. The van der Waals surface area contributed by atoms with Crippen molar-refractivity contribution >= 4 is 17.6 Å². The Bertz CT molecular complexity index is 347. The number of aromatic nitrogens is 2. The Balaban J connectivity index is 3.08. The summed E-state index contributed by atoms with van der Waals surface area (Å²) in [4.78, 5) is 11.4. The number of nitrogens with zero attached hydrogens (tertiary/aromatic N) is 2. The third kappa shape index (κ3) is 1.90. The van der Waals surface area contributed by atoms with Crippen LogP contribution in [0.25, 0.3) is 0 Å². The Morgan fingerprint density at radius 3 is 2.79 bits per heavy atom. The summed E-state index contributed by atoms with van der Waals surface area (Å²) in [5.74, 6) is -0.139. The molecule has 5 heteroatoms. The summed E-state index contributed by atoms with van der Waals surface area (Å²) in [6.45, 7) is 3.97. The molecule has 0 fully saturated rings. The highest BCUT2D eigenvalue weighted by Gasteiger charge is 2.19. The van der Waals surface area contributed by atoms with Gasteiger partial charge in [-0.05, 0) is 13.8 Å². The quantitative estimate of drug-likeness (QED) is 0.570. The molecule has 0 saturated heterocycles. The van der Waals surface area contributed by atoms with Crippen LogP contribution in [0.1, 0.15) is 28.7 Å². The van der Waals surface area contributed by atoms with E-state index in [1.165, 1.54) is 0 Å². The van der Waals surface area contributed by atoms with E-state index in [2.05, 4.69) is 5.10 Å². The third-order valence-electron chi connectivity index (χ3n) is 2.06. The van der Waals surface area contributed by atoms with E-state index in [1.54, 1.807) is 18.7 Å². The van der Waals surface area contributed by atoms with Crippen LogP contribution in [0.5, 0.6) is 0 Å². The van der Waals surface area contributed by atoms with Crippen LogP contribution in [0, 0.1) is 6.92 Å². The van der Waals surface area contributed by atoms with Crippen molar-refractivity contribution in [1.82, 2.24) is 9.78 Å². The van der Waals surface area contributed by atoms with Crippen molar-refractivity contribution in [1.29, 1.82) is 0 Å². The number of ether oxygens (including phenoxy) is 1. The van der Waals surface area contributed by atoms with Gasteiger partial charge in [-0.25, -0.2) is 4.79 Å². The molecule has 0 bridgehead atoms. The molecule has 0 aliphatic carbocycles. The highest BCUT2D eigenvalue weighted by Crippen LogP contribution is 2.16. The molecule has 14 heavy (non-hydrogen) atoms. The second-order valence-electron chi connectivity index (χ2n) is 2.89. The highest BCUT2D eigenvalue weighted by atomic mass is 35.5. The zero-order valence-corrected chi connectivity index (χ0v) is 9.26. The highest BCUT2D eigenvalue weighted by molar-refractivity contribution is 6.17. The normalized spacial score (nSPS) is 10.3. The van der Waals surface area contributed by atoms with Crippen LogP contribution in [-0.4, -0.2) is 22.4 Å². The Labute approximate surface area is 87.8 Å². The minimum atomic E-state index is -0.410. The summed E-state index contributed by atoms with van der Waals surface area (Å²) in [7, 11) is 1.77. The second-order valence-corrected chi connectivity index (χ2v) is 3.16. The van der Waals surface area contributed by atoms with Crippen LogP contribution < -0.4 is 0 Å². The fourth-order valence-electron chi connectivity index (χ4n) is 1.18. The van der Waals surface area contributed by atoms with Crippen molar-refractivity contribution < 1.29 is 9.53 Å². The summed E-state index contributed by atoms with van der Waals surface area (Å²) < 4.78 is 6.49. The standard InChI is InChI=1S/C9H13ClN2O2/c1-4-14-9(13)8-7(5-10)6(2)12(3)11-8/h4-5H2,1-3H3. The van der Waals surface area contributed by atoms with Gasteiger partial charge in [0.05, 0.1) is 12.5 Å². The molecule has 78 valence electrons. The summed E-state index contributed by atoms with van der Waals surface area (Å²) in [6.07, 6.45) is 0. The summed E-state index contributed by atoms with van der Waals surface area (Å²) in [5, 5.41) is 4.06. The van der Waals surface area contributed by atoms with Crippen molar-refractivity contribution in [2.45, 2.75) is 19.7 Å². The van der Waals surface area contributed by atoms with E-state index in [4.69, 9.17) is 16.3 Å². The molecule has 0 spiro atoms. The van der Waals surface area contributed by atoms with Gasteiger partial charge in [0.15, 0.2) is 5.69 Å². The molecule has 0 aliphatic heterocycles. The van der Waals surface area contributed by atoms with E-state index in [0.717, 1.165) is 11.3 Å². The molecule has 1 aromatic heterocycles. The number of halogens is 1. The zero-order chi connectivity index (χ0) is 10.7. The molecule has 0 aliphatic rings. The van der Waals surface area contributed by atoms with E-state index < -0.39 is 5.97 Å². The molecule has 0 atom stereocenters. The Kier molecular flexibility index (Phi) is 3.52. The van der Waals surface area contributed by atoms with Crippen molar-refractivity contribution in [3.63, 3.8) is 0 Å². The smallest absolute Gasteiger partial charge is 0.359 e. The molecule has 1 rings (SSSR count). The van der Waals surface area contributed by atoms with E-state index in [-0.39, 0.29) is 5.88 Å². The first-order chi connectivity index (χ1) is 6.61. The van der Waals surface area contributed by atoms with Gasteiger partial charge in [0.1, 0.15) is 0 Å². The molecular formula is C9H13ClN2O2. The van der Waals surface area contributed by atoms with Crippen molar-refractivity contribution in [3.05, 3.63) is 17.0 Å². The minimum absolute atomic E-state index is 0.272. The maximum absolute atomic E-state index is 11.4. The number of alkyl halides is 1. The fourth-order valence-corrected chi connectivity index (χ4v) is 1.50. The summed E-state index contributed by atoms with van der Waals surface area (Å²) in [5.41, 5.74) is 1.96. The van der Waals surface area contributed by atoms with E-state index in [0.29, 0.717) is 12.3 Å². The molecule has 0 aromatic carbocycles. The van der Waals surface area contributed by atoms with E-state index >= 15 is 0 Å². The van der Waals surface area contributed by atoms with Gasteiger partial charge in [-0.2, -0.15) is 5.10 Å². The van der Waals surface area contributed by atoms with Gasteiger partial charge in [0.25, 0.3) is 0 Å². The number of hydrogen-bond donors (Lipinski definition) is 0. The van der Waals surface area contributed by atoms with Crippen molar-refractivity contribution in [2.75, 3.05) is 6.61 Å².